The lowest BCUT2D eigenvalue weighted by Crippen LogP contribution is -2.42. The third kappa shape index (κ3) is 5.02. The van der Waals surface area contributed by atoms with E-state index in [1.807, 2.05) is 44.2 Å². The molecule has 0 radical (unpaired) electrons. The molecule has 4 aromatic rings. The van der Waals surface area contributed by atoms with Gasteiger partial charge < -0.3 is 15.2 Å². The smallest absolute Gasteiger partial charge is 0.225 e. The number of fused-ring (bicyclic) bond motifs is 1. The van der Waals surface area contributed by atoms with E-state index in [1.165, 1.54) is 5.56 Å². The van der Waals surface area contributed by atoms with Crippen molar-refractivity contribution in [3.8, 4) is 11.3 Å². The van der Waals surface area contributed by atoms with Gasteiger partial charge in [0.05, 0.1) is 16.7 Å². The van der Waals surface area contributed by atoms with Crippen molar-refractivity contribution in [1.82, 2.24) is 35.1 Å². The number of pyridine rings is 1. The van der Waals surface area contributed by atoms with Gasteiger partial charge in [0.1, 0.15) is 5.82 Å². The maximum absolute atomic E-state index is 4.80. The van der Waals surface area contributed by atoms with Gasteiger partial charge in [-0.1, -0.05) is 6.07 Å². The quantitative estimate of drug-likeness (QED) is 0.475. The van der Waals surface area contributed by atoms with Gasteiger partial charge in [0.25, 0.3) is 0 Å². The first-order valence-electron chi connectivity index (χ1n) is 11.4. The van der Waals surface area contributed by atoms with Crippen LogP contribution in [0.5, 0.6) is 0 Å². The minimum absolute atomic E-state index is 0.677. The molecule has 1 aliphatic rings. The number of benzene rings is 1. The van der Waals surface area contributed by atoms with E-state index in [-0.39, 0.29) is 0 Å². The van der Waals surface area contributed by atoms with Crippen molar-refractivity contribution in [3.05, 3.63) is 65.4 Å². The van der Waals surface area contributed by atoms with Crippen LogP contribution in [0.2, 0.25) is 0 Å². The molecule has 1 aromatic carbocycles. The molecule has 0 atom stereocenters. The molecule has 3 aromatic heterocycles. The highest BCUT2D eigenvalue weighted by Crippen LogP contribution is 2.24. The van der Waals surface area contributed by atoms with E-state index in [1.54, 1.807) is 0 Å². The summed E-state index contributed by atoms with van der Waals surface area (Å²) in [6.07, 6.45) is 2.59. The Bertz CT molecular complexity index is 1260. The fraction of sp³-hybridized carbons (Fsp3) is 0.360. The lowest BCUT2D eigenvalue weighted by Gasteiger charge is -2.27. The van der Waals surface area contributed by atoms with E-state index < -0.39 is 0 Å². The number of H-pyrrole nitrogens is 1. The number of piperazine rings is 1. The zero-order chi connectivity index (χ0) is 22.8. The SMILES string of the molecule is Cc1cc(-c2ccc3nc(Cc4cc(CN5CCNCC5)ccn4)[nH]c3c2)nc(N(C)C)n1. The molecule has 0 bridgehead atoms. The summed E-state index contributed by atoms with van der Waals surface area (Å²) in [7, 11) is 3.91. The highest BCUT2D eigenvalue weighted by Gasteiger charge is 2.12. The van der Waals surface area contributed by atoms with Gasteiger partial charge in [-0.25, -0.2) is 15.0 Å². The number of hydrogen-bond donors (Lipinski definition) is 2. The van der Waals surface area contributed by atoms with E-state index in [9.17, 15) is 0 Å². The Morgan fingerprint density at radius 1 is 1.00 bits per heavy atom. The molecule has 2 N–H and O–H groups in total. The fourth-order valence-electron chi connectivity index (χ4n) is 4.23. The Hall–Kier alpha value is -3.36. The third-order valence-corrected chi connectivity index (χ3v) is 5.91. The summed E-state index contributed by atoms with van der Waals surface area (Å²) in [4.78, 5) is 26.5. The molecule has 0 amide bonds. The Labute approximate surface area is 194 Å². The average Bonchev–Trinajstić information content (AvgIpc) is 3.21. The molecule has 1 fully saturated rings. The molecule has 1 aliphatic heterocycles. The fourth-order valence-corrected chi connectivity index (χ4v) is 4.23. The summed E-state index contributed by atoms with van der Waals surface area (Å²) in [6.45, 7) is 7.26. The molecule has 0 aliphatic carbocycles. The van der Waals surface area contributed by atoms with Gasteiger partial charge >= 0.3 is 0 Å². The van der Waals surface area contributed by atoms with E-state index in [0.717, 1.165) is 72.2 Å². The van der Waals surface area contributed by atoms with Gasteiger partial charge in [-0.05, 0) is 42.8 Å². The Morgan fingerprint density at radius 2 is 1.85 bits per heavy atom. The third-order valence-electron chi connectivity index (χ3n) is 5.91. The maximum Gasteiger partial charge on any atom is 0.225 e. The van der Waals surface area contributed by atoms with Crippen LogP contribution in [0.4, 0.5) is 5.95 Å². The van der Waals surface area contributed by atoms with Crippen LogP contribution < -0.4 is 10.2 Å². The monoisotopic (exact) mass is 442 g/mol. The summed E-state index contributed by atoms with van der Waals surface area (Å²) in [5, 5.41) is 3.41. The number of aromatic amines is 1. The second-order valence-corrected chi connectivity index (χ2v) is 8.86. The van der Waals surface area contributed by atoms with Gasteiger partial charge in [-0.15, -0.1) is 0 Å². The number of rotatable bonds is 6. The highest BCUT2D eigenvalue weighted by molar-refractivity contribution is 5.81. The van der Waals surface area contributed by atoms with Crippen LogP contribution in [0.25, 0.3) is 22.3 Å². The Balaban J connectivity index is 1.36. The predicted molar refractivity (Wildman–Crippen MR) is 131 cm³/mol. The van der Waals surface area contributed by atoms with Crippen LogP contribution in [-0.4, -0.2) is 70.1 Å². The molecule has 8 heteroatoms. The van der Waals surface area contributed by atoms with Crippen molar-refractivity contribution in [1.29, 1.82) is 0 Å². The van der Waals surface area contributed by atoms with Crippen molar-refractivity contribution in [3.63, 3.8) is 0 Å². The van der Waals surface area contributed by atoms with Crippen molar-refractivity contribution < 1.29 is 0 Å². The predicted octanol–water partition coefficient (Wildman–Crippen LogP) is 2.79. The molecule has 33 heavy (non-hydrogen) atoms. The number of imidazole rings is 1. The zero-order valence-electron chi connectivity index (χ0n) is 19.5. The zero-order valence-corrected chi connectivity index (χ0v) is 19.5. The Kier molecular flexibility index (Phi) is 6.02. The topological polar surface area (TPSA) is 85.9 Å². The lowest BCUT2D eigenvalue weighted by molar-refractivity contribution is 0.233. The number of nitrogens with zero attached hydrogens (tertiary/aromatic N) is 6. The number of hydrogen-bond acceptors (Lipinski definition) is 7. The summed E-state index contributed by atoms with van der Waals surface area (Å²) >= 11 is 0. The second kappa shape index (κ2) is 9.25. The van der Waals surface area contributed by atoms with Crippen molar-refractivity contribution in [2.75, 3.05) is 45.2 Å². The molecule has 1 saturated heterocycles. The van der Waals surface area contributed by atoms with Crippen LogP contribution in [0.3, 0.4) is 0 Å². The van der Waals surface area contributed by atoms with Crippen molar-refractivity contribution in [2.24, 2.45) is 0 Å². The molecule has 0 unspecified atom stereocenters. The number of aromatic nitrogens is 5. The first-order chi connectivity index (χ1) is 16.0. The summed E-state index contributed by atoms with van der Waals surface area (Å²) in [6, 6.07) is 12.6. The largest absolute Gasteiger partial charge is 0.347 e. The van der Waals surface area contributed by atoms with E-state index in [0.29, 0.717) is 12.4 Å². The van der Waals surface area contributed by atoms with Gasteiger partial charge in [-0.3, -0.25) is 9.88 Å². The summed E-state index contributed by atoms with van der Waals surface area (Å²) in [5.74, 6) is 1.63. The summed E-state index contributed by atoms with van der Waals surface area (Å²) in [5.41, 5.74) is 7.18. The second-order valence-electron chi connectivity index (χ2n) is 8.86. The molecule has 170 valence electrons. The standard InChI is InChI=1S/C25H30N8/c1-17-12-22(31-25(28-17)32(2)3)19-4-5-21-23(14-19)30-24(29-21)15-20-13-18(6-7-27-20)16-33-10-8-26-9-11-33/h4-7,12-14,26H,8-11,15-16H2,1-3H3,(H,29,30). The van der Waals surface area contributed by atoms with Crippen LogP contribution in [-0.2, 0) is 13.0 Å². The maximum atomic E-state index is 4.80. The molecule has 0 saturated carbocycles. The molecule has 4 heterocycles. The normalized spacial score (nSPS) is 14.6. The molecule has 5 rings (SSSR count). The molecule has 0 spiro atoms. The number of aryl methyl sites for hydroxylation is 1. The lowest BCUT2D eigenvalue weighted by atomic mass is 10.1. The van der Waals surface area contributed by atoms with Gasteiger partial charge in [-0.2, -0.15) is 0 Å². The molecule has 8 nitrogen and oxygen atoms in total. The van der Waals surface area contributed by atoms with Gasteiger partial charge in [0.15, 0.2) is 0 Å². The van der Waals surface area contributed by atoms with Crippen LogP contribution in [0.1, 0.15) is 22.8 Å². The number of nitrogens with one attached hydrogen (secondary N) is 2. The molecular weight excluding hydrogens is 412 g/mol. The minimum atomic E-state index is 0.677. The van der Waals surface area contributed by atoms with Gasteiger partial charge in [0, 0.05) is 76.4 Å². The van der Waals surface area contributed by atoms with Gasteiger partial charge in [0.2, 0.25) is 5.95 Å². The summed E-state index contributed by atoms with van der Waals surface area (Å²) < 4.78 is 0. The van der Waals surface area contributed by atoms with Crippen molar-refractivity contribution >= 4 is 17.0 Å². The van der Waals surface area contributed by atoms with Crippen LogP contribution in [0.15, 0.2) is 42.6 Å². The van der Waals surface area contributed by atoms with E-state index >= 15 is 0 Å². The van der Waals surface area contributed by atoms with Crippen LogP contribution in [0, 0.1) is 6.92 Å². The number of anilines is 1. The van der Waals surface area contributed by atoms with E-state index in [4.69, 9.17) is 9.97 Å². The highest BCUT2D eigenvalue weighted by atomic mass is 15.2. The first-order valence-corrected chi connectivity index (χ1v) is 11.4. The minimum Gasteiger partial charge on any atom is -0.347 e. The van der Waals surface area contributed by atoms with Crippen molar-refractivity contribution in [2.45, 2.75) is 19.9 Å². The molecular formula is C25H30N8. The first kappa shape index (κ1) is 21.5. The van der Waals surface area contributed by atoms with E-state index in [2.05, 4.69) is 49.4 Å². The Morgan fingerprint density at radius 3 is 2.67 bits per heavy atom. The average molecular weight is 443 g/mol. The van der Waals surface area contributed by atoms with Crippen LogP contribution >= 0.6 is 0 Å².